The molecule has 3 aromatic rings. The summed E-state index contributed by atoms with van der Waals surface area (Å²) in [7, 11) is 1.48. The number of benzene rings is 2. The molecule has 184 valence electrons. The number of amides is 3. The van der Waals surface area contributed by atoms with Crippen LogP contribution in [0.4, 0.5) is 23.8 Å². The summed E-state index contributed by atoms with van der Waals surface area (Å²) in [5, 5.41) is 12.4. The number of aromatic nitrogens is 2. The van der Waals surface area contributed by atoms with Crippen molar-refractivity contribution in [1.82, 2.24) is 25.3 Å². The fraction of sp³-hybridized carbons (Fsp3) is 0.292. The van der Waals surface area contributed by atoms with Crippen molar-refractivity contribution >= 4 is 17.8 Å². The molecule has 0 fully saturated rings. The minimum Gasteiger partial charge on any atom is -0.354 e. The fourth-order valence-corrected chi connectivity index (χ4v) is 4.21. The number of anilines is 1. The second-order valence-electron chi connectivity index (χ2n) is 8.28. The average Bonchev–Trinajstić information content (AvgIpc) is 3.14. The van der Waals surface area contributed by atoms with Gasteiger partial charge in [-0.1, -0.05) is 42.5 Å². The Bertz CT molecular complexity index is 1230. The number of alkyl halides is 3. The average molecular weight is 486 g/mol. The molecule has 0 saturated heterocycles. The lowest BCUT2D eigenvalue weighted by molar-refractivity contribution is -0.148. The smallest absolute Gasteiger partial charge is 0.354 e. The molecule has 1 aliphatic rings. The Kier molecular flexibility index (Phi) is 6.79. The van der Waals surface area contributed by atoms with E-state index in [0.717, 1.165) is 11.1 Å². The van der Waals surface area contributed by atoms with Crippen LogP contribution in [0, 0.1) is 6.92 Å². The highest BCUT2D eigenvalue weighted by Gasteiger charge is 2.35. The number of carbonyl (C=O) groups excluding carboxylic acids is 2. The summed E-state index contributed by atoms with van der Waals surface area (Å²) >= 11 is 0. The van der Waals surface area contributed by atoms with E-state index in [2.05, 4.69) is 21.0 Å². The molecule has 11 heteroatoms. The molecule has 1 aromatic heterocycles. The van der Waals surface area contributed by atoms with Gasteiger partial charge in [-0.05, 0) is 30.2 Å². The normalized spacial score (nSPS) is 15.9. The van der Waals surface area contributed by atoms with Gasteiger partial charge in [-0.15, -0.1) is 0 Å². The topological polar surface area (TPSA) is 91.3 Å². The molecular weight excluding hydrogens is 461 g/mol. The monoisotopic (exact) mass is 486 g/mol. The lowest BCUT2D eigenvalue weighted by Crippen LogP contribution is -2.46. The van der Waals surface area contributed by atoms with Crippen molar-refractivity contribution < 1.29 is 22.8 Å². The SMILES string of the molecule is CNC(=O)c1nn(-c2ccccc2)c(NC(=O)NC2CN(CC(F)(F)F)Cc3ccccc32)c1C. The van der Waals surface area contributed by atoms with E-state index in [0.29, 0.717) is 11.3 Å². The van der Waals surface area contributed by atoms with E-state index in [-0.39, 0.29) is 24.6 Å². The van der Waals surface area contributed by atoms with E-state index < -0.39 is 30.7 Å². The van der Waals surface area contributed by atoms with Gasteiger partial charge < -0.3 is 10.6 Å². The molecule has 0 aliphatic carbocycles. The lowest BCUT2D eigenvalue weighted by atomic mass is 9.95. The third-order valence-electron chi connectivity index (χ3n) is 5.77. The fourth-order valence-electron chi connectivity index (χ4n) is 4.21. The zero-order chi connectivity index (χ0) is 25.2. The molecule has 35 heavy (non-hydrogen) atoms. The van der Waals surface area contributed by atoms with E-state index in [1.165, 1.54) is 16.6 Å². The maximum absolute atomic E-state index is 13.1. The van der Waals surface area contributed by atoms with Crippen molar-refractivity contribution in [2.24, 2.45) is 0 Å². The van der Waals surface area contributed by atoms with Gasteiger partial charge in [-0.2, -0.15) is 18.3 Å². The Balaban J connectivity index is 1.60. The van der Waals surface area contributed by atoms with Crippen molar-refractivity contribution in [3.8, 4) is 5.69 Å². The minimum atomic E-state index is -4.35. The van der Waals surface area contributed by atoms with Gasteiger partial charge >= 0.3 is 12.2 Å². The molecular formula is C24H25F3N6O2. The molecule has 1 atom stereocenters. The van der Waals surface area contributed by atoms with Crippen molar-refractivity contribution in [2.75, 3.05) is 25.5 Å². The summed E-state index contributed by atoms with van der Waals surface area (Å²) in [5.74, 6) is -0.131. The molecule has 3 N–H and O–H groups in total. The summed E-state index contributed by atoms with van der Waals surface area (Å²) in [6, 6.07) is 14.8. The number of nitrogens with one attached hydrogen (secondary N) is 3. The highest BCUT2D eigenvalue weighted by atomic mass is 19.4. The van der Waals surface area contributed by atoms with E-state index >= 15 is 0 Å². The van der Waals surface area contributed by atoms with Gasteiger partial charge in [0.05, 0.1) is 18.3 Å². The van der Waals surface area contributed by atoms with Crippen molar-refractivity contribution in [2.45, 2.75) is 25.7 Å². The first-order valence-corrected chi connectivity index (χ1v) is 11.0. The number of urea groups is 1. The van der Waals surface area contributed by atoms with Crippen molar-refractivity contribution in [1.29, 1.82) is 0 Å². The number of fused-ring (bicyclic) bond motifs is 1. The summed E-state index contributed by atoms with van der Waals surface area (Å²) in [4.78, 5) is 26.6. The van der Waals surface area contributed by atoms with Crippen LogP contribution in [0.15, 0.2) is 54.6 Å². The second kappa shape index (κ2) is 9.79. The minimum absolute atomic E-state index is 0.00433. The van der Waals surface area contributed by atoms with Gasteiger partial charge in [-0.3, -0.25) is 15.0 Å². The van der Waals surface area contributed by atoms with Crippen LogP contribution in [0.5, 0.6) is 0 Å². The number of carbonyl (C=O) groups is 2. The number of hydrogen-bond acceptors (Lipinski definition) is 4. The van der Waals surface area contributed by atoms with Crippen LogP contribution in [-0.4, -0.2) is 52.9 Å². The van der Waals surface area contributed by atoms with Gasteiger partial charge in [-0.25, -0.2) is 9.48 Å². The van der Waals surface area contributed by atoms with Gasteiger partial charge in [0.15, 0.2) is 5.69 Å². The zero-order valence-electron chi connectivity index (χ0n) is 19.2. The maximum atomic E-state index is 13.1. The molecule has 0 radical (unpaired) electrons. The van der Waals surface area contributed by atoms with Crippen LogP contribution in [0.1, 0.15) is 33.2 Å². The van der Waals surface area contributed by atoms with Gasteiger partial charge in [0, 0.05) is 25.7 Å². The summed E-state index contributed by atoms with van der Waals surface area (Å²) in [6.45, 7) is 0.735. The van der Waals surface area contributed by atoms with Crippen molar-refractivity contribution in [3.63, 3.8) is 0 Å². The Morgan fingerprint density at radius 2 is 1.77 bits per heavy atom. The first-order valence-electron chi connectivity index (χ1n) is 11.0. The first-order chi connectivity index (χ1) is 16.7. The molecule has 1 unspecified atom stereocenters. The number of hydrogen-bond donors (Lipinski definition) is 3. The Hall–Kier alpha value is -3.86. The largest absolute Gasteiger partial charge is 0.401 e. The van der Waals surface area contributed by atoms with E-state index in [9.17, 15) is 22.8 Å². The Labute approximate surface area is 200 Å². The maximum Gasteiger partial charge on any atom is 0.401 e. The van der Waals surface area contributed by atoms with Crippen LogP contribution in [0.2, 0.25) is 0 Å². The number of nitrogens with zero attached hydrogens (tertiary/aromatic N) is 3. The molecule has 4 rings (SSSR count). The van der Waals surface area contributed by atoms with Gasteiger partial charge in [0.1, 0.15) is 5.82 Å². The quantitative estimate of drug-likeness (QED) is 0.512. The predicted octanol–water partition coefficient (Wildman–Crippen LogP) is 3.78. The third-order valence-corrected chi connectivity index (χ3v) is 5.77. The molecule has 0 spiro atoms. The lowest BCUT2D eigenvalue weighted by Gasteiger charge is -2.35. The highest BCUT2D eigenvalue weighted by molar-refractivity contribution is 5.97. The van der Waals surface area contributed by atoms with Crippen LogP contribution < -0.4 is 16.0 Å². The van der Waals surface area contributed by atoms with Crippen LogP contribution in [0.25, 0.3) is 5.69 Å². The predicted molar refractivity (Wildman–Crippen MR) is 124 cm³/mol. The first kappa shape index (κ1) is 24.3. The number of rotatable bonds is 5. The van der Waals surface area contributed by atoms with Crippen LogP contribution in [0.3, 0.4) is 0 Å². The summed E-state index contributed by atoms with van der Waals surface area (Å²) < 4.78 is 40.6. The number of para-hydroxylation sites is 1. The molecule has 2 heterocycles. The Morgan fingerprint density at radius 1 is 1.09 bits per heavy atom. The summed E-state index contributed by atoms with van der Waals surface area (Å²) in [5.41, 5.74) is 2.71. The molecule has 0 saturated carbocycles. The molecule has 1 aliphatic heterocycles. The third kappa shape index (κ3) is 5.46. The molecule has 2 aromatic carbocycles. The van der Waals surface area contributed by atoms with Crippen LogP contribution >= 0.6 is 0 Å². The van der Waals surface area contributed by atoms with Gasteiger partial charge in [0.25, 0.3) is 5.91 Å². The van der Waals surface area contributed by atoms with E-state index in [1.54, 1.807) is 55.5 Å². The summed E-state index contributed by atoms with van der Waals surface area (Å²) in [6.07, 6.45) is -4.35. The highest BCUT2D eigenvalue weighted by Crippen LogP contribution is 2.29. The van der Waals surface area contributed by atoms with Gasteiger partial charge in [0.2, 0.25) is 0 Å². The number of halogens is 3. The standard InChI is InChI=1S/C24H25F3N6O2/c1-15-20(22(34)28-2)31-33(17-9-4-3-5-10-17)21(15)30-23(35)29-19-13-32(14-24(25,26)27)12-16-8-6-7-11-18(16)19/h3-11,19H,12-14H2,1-2H3,(H,28,34)(H2,29,30,35). The van der Waals surface area contributed by atoms with Crippen LogP contribution in [-0.2, 0) is 6.54 Å². The molecule has 3 amide bonds. The molecule has 8 nitrogen and oxygen atoms in total. The Morgan fingerprint density at radius 3 is 2.46 bits per heavy atom. The second-order valence-corrected chi connectivity index (χ2v) is 8.28. The molecule has 0 bridgehead atoms. The van der Waals surface area contributed by atoms with E-state index in [4.69, 9.17) is 0 Å². The van der Waals surface area contributed by atoms with Crippen molar-refractivity contribution in [3.05, 3.63) is 77.0 Å². The zero-order valence-corrected chi connectivity index (χ0v) is 19.2. The van der Waals surface area contributed by atoms with E-state index in [1.807, 2.05) is 6.07 Å².